The first kappa shape index (κ1) is 17.5. The third-order valence-corrected chi connectivity index (χ3v) is 3.54. The molecule has 0 aliphatic carbocycles. The molecule has 26 heavy (non-hydrogen) atoms. The van der Waals surface area contributed by atoms with Crippen LogP contribution in [0.2, 0.25) is 0 Å². The molecule has 1 aromatic carbocycles. The zero-order chi connectivity index (χ0) is 18.6. The van der Waals surface area contributed by atoms with Gasteiger partial charge in [0.1, 0.15) is 11.6 Å². The fourth-order valence-corrected chi connectivity index (χ4v) is 2.16. The number of aromatic nitrogens is 3. The van der Waals surface area contributed by atoms with E-state index >= 15 is 0 Å². The molecule has 3 rings (SSSR count). The Kier molecular flexibility index (Phi) is 4.92. The summed E-state index contributed by atoms with van der Waals surface area (Å²) in [6, 6.07) is 8.97. The van der Waals surface area contributed by atoms with Crippen LogP contribution >= 0.6 is 0 Å². The van der Waals surface area contributed by atoms with Crippen molar-refractivity contribution in [1.29, 1.82) is 0 Å². The number of halogens is 1. The number of nitrogens with zero attached hydrogens (tertiary/aromatic N) is 3. The zero-order valence-corrected chi connectivity index (χ0v) is 14.3. The van der Waals surface area contributed by atoms with Crippen molar-refractivity contribution in [3.05, 3.63) is 60.5 Å². The molecule has 2 heterocycles. The van der Waals surface area contributed by atoms with Crippen LogP contribution in [0, 0.1) is 5.82 Å². The summed E-state index contributed by atoms with van der Waals surface area (Å²) in [5, 5.41) is 6.56. The van der Waals surface area contributed by atoms with Crippen molar-refractivity contribution in [3.63, 3.8) is 0 Å². The highest BCUT2D eigenvalue weighted by molar-refractivity contribution is 5.84. The maximum absolute atomic E-state index is 12.9. The van der Waals surface area contributed by atoms with Crippen LogP contribution in [0.3, 0.4) is 0 Å². The van der Waals surface area contributed by atoms with E-state index in [0.717, 1.165) is 5.56 Å². The predicted octanol–water partition coefficient (Wildman–Crippen LogP) is 2.74. The number of benzene rings is 1. The number of ether oxygens (including phenoxy) is 1. The topological polar surface area (TPSA) is 90.1 Å². The number of carbonyl (C=O) groups excluding carboxylic acids is 1. The fourth-order valence-electron chi connectivity index (χ4n) is 2.16. The second-order valence-corrected chi connectivity index (χ2v) is 6.00. The first-order chi connectivity index (χ1) is 12.4. The molecule has 0 saturated heterocycles. The molecule has 0 bridgehead atoms. The number of nitrogens with one attached hydrogen (secondary N) is 1. The van der Waals surface area contributed by atoms with Gasteiger partial charge in [0.2, 0.25) is 11.7 Å². The minimum atomic E-state index is -1.16. The van der Waals surface area contributed by atoms with E-state index in [-0.39, 0.29) is 24.2 Å². The molecule has 0 aliphatic rings. The average molecular weight is 356 g/mol. The van der Waals surface area contributed by atoms with Crippen LogP contribution in [0.5, 0.6) is 5.75 Å². The van der Waals surface area contributed by atoms with Gasteiger partial charge in [-0.1, -0.05) is 5.16 Å². The number of hydrogen-bond donors (Lipinski definition) is 1. The molecule has 134 valence electrons. The number of hydrogen-bond acceptors (Lipinski definition) is 6. The van der Waals surface area contributed by atoms with E-state index in [1.54, 1.807) is 38.4 Å². The van der Waals surface area contributed by atoms with Gasteiger partial charge in [0.15, 0.2) is 5.60 Å². The summed E-state index contributed by atoms with van der Waals surface area (Å²) in [7, 11) is 0. The lowest BCUT2D eigenvalue weighted by Crippen LogP contribution is -2.46. The molecule has 3 aromatic rings. The fraction of sp³-hybridized carbons (Fsp3) is 0.222. The average Bonchev–Trinajstić information content (AvgIpc) is 3.11. The van der Waals surface area contributed by atoms with E-state index in [1.165, 1.54) is 24.3 Å². The highest BCUT2D eigenvalue weighted by Crippen LogP contribution is 2.19. The lowest BCUT2D eigenvalue weighted by Gasteiger charge is -2.25. The molecule has 0 unspecified atom stereocenters. The van der Waals surface area contributed by atoms with Crippen LogP contribution < -0.4 is 10.1 Å². The molecule has 0 atom stereocenters. The van der Waals surface area contributed by atoms with Gasteiger partial charge in [0.25, 0.3) is 5.91 Å². The summed E-state index contributed by atoms with van der Waals surface area (Å²) >= 11 is 0. The van der Waals surface area contributed by atoms with Gasteiger partial charge in [-0.3, -0.25) is 9.78 Å². The van der Waals surface area contributed by atoms with E-state index in [1.807, 2.05) is 0 Å². The summed E-state index contributed by atoms with van der Waals surface area (Å²) in [5.41, 5.74) is -0.396. The van der Waals surface area contributed by atoms with Crippen LogP contribution in [0.15, 0.2) is 53.3 Å². The van der Waals surface area contributed by atoms with Crippen molar-refractivity contribution >= 4 is 5.91 Å². The molecular weight excluding hydrogens is 339 g/mol. The smallest absolute Gasteiger partial charge is 0.264 e. The molecule has 0 aliphatic heterocycles. The quantitative estimate of drug-likeness (QED) is 0.730. The van der Waals surface area contributed by atoms with E-state index in [0.29, 0.717) is 11.6 Å². The van der Waals surface area contributed by atoms with Crippen molar-refractivity contribution in [2.75, 3.05) is 0 Å². The monoisotopic (exact) mass is 356 g/mol. The molecule has 1 amide bonds. The summed E-state index contributed by atoms with van der Waals surface area (Å²) < 4.78 is 23.7. The Morgan fingerprint density at radius 2 is 1.88 bits per heavy atom. The third kappa shape index (κ3) is 4.21. The highest BCUT2D eigenvalue weighted by Gasteiger charge is 2.30. The minimum Gasteiger partial charge on any atom is -0.478 e. The number of carbonyl (C=O) groups is 1. The van der Waals surface area contributed by atoms with Crippen molar-refractivity contribution < 1.29 is 18.4 Å². The Morgan fingerprint density at radius 1 is 1.19 bits per heavy atom. The van der Waals surface area contributed by atoms with Crippen LogP contribution in [-0.2, 0) is 11.3 Å². The lowest BCUT2D eigenvalue weighted by molar-refractivity contribution is -0.134. The Bertz CT molecular complexity index is 879. The Morgan fingerprint density at radius 3 is 2.58 bits per heavy atom. The first-order valence-electron chi connectivity index (χ1n) is 7.90. The van der Waals surface area contributed by atoms with Gasteiger partial charge in [-0.2, -0.15) is 4.98 Å². The van der Waals surface area contributed by atoms with Crippen LogP contribution in [0.4, 0.5) is 4.39 Å². The Labute approximate surface area is 149 Å². The van der Waals surface area contributed by atoms with Crippen molar-refractivity contribution in [1.82, 2.24) is 20.4 Å². The molecule has 8 heteroatoms. The van der Waals surface area contributed by atoms with Gasteiger partial charge in [-0.05, 0) is 50.2 Å². The summed E-state index contributed by atoms with van der Waals surface area (Å²) in [4.78, 5) is 20.5. The second kappa shape index (κ2) is 7.30. The maximum Gasteiger partial charge on any atom is 0.264 e. The predicted molar refractivity (Wildman–Crippen MR) is 90.5 cm³/mol. The molecule has 1 N–H and O–H groups in total. The summed E-state index contributed by atoms with van der Waals surface area (Å²) in [5.74, 6) is 0.331. The van der Waals surface area contributed by atoms with Gasteiger partial charge >= 0.3 is 0 Å². The Balaban J connectivity index is 1.59. The number of rotatable bonds is 6. The largest absolute Gasteiger partial charge is 0.478 e. The second-order valence-electron chi connectivity index (χ2n) is 6.00. The van der Waals surface area contributed by atoms with E-state index in [9.17, 15) is 9.18 Å². The standard InChI is InChI=1S/C18H17FN4O3/c1-18(2,25-14-5-3-13(19)4-6-14)17(24)21-11-15-22-16(23-26-15)12-7-9-20-10-8-12/h3-10H,11H2,1-2H3,(H,21,24). The maximum atomic E-state index is 12.9. The number of amides is 1. The van der Waals surface area contributed by atoms with Gasteiger partial charge in [0, 0.05) is 18.0 Å². The minimum absolute atomic E-state index is 0.0626. The lowest BCUT2D eigenvalue weighted by atomic mass is 10.1. The molecule has 0 fully saturated rings. The van der Waals surface area contributed by atoms with Gasteiger partial charge < -0.3 is 14.6 Å². The van der Waals surface area contributed by atoms with E-state index < -0.39 is 5.60 Å². The van der Waals surface area contributed by atoms with Crippen molar-refractivity contribution in [3.8, 4) is 17.1 Å². The normalized spacial score (nSPS) is 11.2. The molecule has 7 nitrogen and oxygen atoms in total. The van der Waals surface area contributed by atoms with E-state index in [4.69, 9.17) is 9.26 Å². The van der Waals surface area contributed by atoms with Gasteiger partial charge in [-0.25, -0.2) is 4.39 Å². The number of pyridine rings is 1. The van der Waals surface area contributed by atoms with Crippen molar-refractivity contribution in [2.24, 2.45) is 0 Å². The molecule has 0 radical (unpaired) electrons. The molecule has 0 spiro atoms. The first-order valence-corrected chi connectivity index (χ1v) is 7.90. The molecule has 0 saturated carbocycles. The third-order valence-electron chi connectivity index (χ3n) is 3.54. The summed E-state index contributed by atoms with van der Waals surface area (Å²) in [6.45, 7) is 3.29. The Hall–Kier alpha value is -3.29. The van der Waals surface area contributed by atoms with Gasteiger partial charge in [0.05, 0.1) is 6.54 Å². The van der Waals surface area contributed by atoms with Crippen LogP contribution in [0.25, 0.3) is 11.4 Å². The summed E-state index contributed by atoms with van der Waals surface area (Å²) in [6.07, 6.45) is 3.25. The van der Waals surface area contributed by atoms with Crippen LogP contribution in [-0.4, -0.2) is 26.6 Å². The highest BCUT2D eigenvalue weighted by atomic mass is 19.1. The SMILES string of the molecule is CC(C)(Oc1ccc(F)cc1)C(=O)NCc1nc(-c2ccncc2)no1. The zero-order valence-electron chi connectivity index (χ0n) is 14.3. The molecule has 2 aromatic heterocycles. The molecular formula is C18H17FN4O3. The van der Waals surface area contributed by atoms with Crippen LogP contribution in [0.1, 0.15) is 19.7 Å². The van der Waals surface area contributed by atoms with Gasteiger partial charge in [-0.15, -0.1) is 0 Å². The van der Waals surface area contributed by atoms with E-state index in [2.05, 4.69) is 20.4 Å². The van der Waals surface area contributed by atoms with Crippen molar-refractivity contribution in [2.45, 2.75) is 26.0 Å².